The third kappa shape index (κ3) is 5.02. The molecule has 0 radical (unpaired) electrons. The molecule has 4 aliphatic rings. The normalized spacial score (nSPS) is 27.6. The molecule has 46 heavy (non-hydrogen) atoms. The van der Waals surface area contributed by atoms with E-state index in [-0.39, 0.29) is 29.6 Å². The molecule has 3 amide bonds. The number of nitrogens with zero attached hydrogens (tertiary/aromatic N) is 3. The van der Waals surface area contributed by atoms with Crippen molar-refractivity contribution in [3.05, 3.63) is 120 Å². The molecule has 0 aliphatic carbocycles. The van der Waals surface area contributed by atoms with Crippen molar-refractivity contribution in [1.29, 1.82) is 0 Å². The number of aliphatic hydroxyl groups is 1. The molecule has 236 valence electrons. The number of hydrogen-bond acceptors (Lipinski definition) is 6. The Kier molecular flexibility index (Phi) is 8.21. The van der Waals surface area contributed by atoms with Crippen molar-refractivity contribution in [2.24, 2.45) is 11.8 Å². The van der Waals surface area contributed by atoms with E-state index in [1.165, 1.54) is 0 Å². The predicted molar refractivity (Wildman–Crippen MR) is 178 cm³/mol. The lowest BCUT2D eigenvalue weighted by Gasteiger charge is -2.38. The Morgan fingerprint density at radius 3 is 2.30 bits per heavy atom. The van der Waals surface area contributed by atoms with Crippen molar-refractivity contribution in [1.82, 2.24) is 9.80 Å². The molecule has 3 aromatic carbocycles. The highest BCUT2D eigenvalue weighted by Crippen LogP contribution is 2.62. The van der Waals surface area contributed by atoms with E-state index in [4.69, 9.17) is 4.74 Å². The van der Waals surface area contributed by atoms with Crippen LogP contribution in [0.15, 0.2) is 109 Å². The molecular formula is C37H37N3O5S. The van der Waals surface area contributed by atoms with Gasteiger partial charge in [0, 0.05) is 30.6 Å². The topological polar surface area (TPSA) is 90.4 Å². The second-order valence-corrected chi connectivity index (χ2v) is 13.6. The summed E-state index contributed by atoms with van der Waals surface area (Å²) in [7, 11) is 0. The number of anilines is 1. The summed E-state index contributed by atoms with van der Waals surface area (Å²) in [4.78, 5) is 49.4. The van der Waals surface area contributed by atoms with Crippen molar-refractivity contribution in [2.75, 3.05) is 31.2 Å². The number of hydrogen-bond donors (Lipinski definition) is 1. The average molecular weight is 636 g/mol. The van der Waals surface area contributed by atoms with Crippen LogP contribution < -0.4 is 9.64 Å². The number of rotatable bonds is 8. The summed E-state index contributed by atoms with van der Waals surface area (Å²) < 4.78 is 4.63. The lowest BCUT2D eigenvalue weighted by molar-refractivity contribution is -0.146. The Labute approximate surface area is 273 Å². The van der Waals surface area contributed by atoms with Gasteiger partial charge in [-0.1, -0.05) is 85.0 Å². The van der Waals surface area contributed by atoms with E-state index < -0.39 is 28.7 Å². The Bertz CT molecular complexity index is 1660. The molecule has 1 spiro atoms. The van der Waals surface area contributed by atoms with Gasteiger partial charge in [0.05, 0.1) is 35.8 Å². The van der Waals surface area contributed by atoms with Gasteiger partial charge in [0.2, 0.25) is 17.7 Å². The minimum absolute atomic E-state index is 0.144. The molecule has 0 aromatic heterocycles. The minimum Gasteiger partial charge on any atom is -0.494 e. The molecule has 8 nitrogen and oxygen atoms in total. The minimum atomic E-state index is -0.987. The Hall–Kier alpha value is -4.34. The van der Waals surface area contributed by atoms with Crippen LogP contribution in [-0.4, -0.2) is 75.0 Å². The summed E-state index contributed by atoms with van der Waals surface area (Å²) in [5.41, 5.74) is 2.46. The Balaban J connectivity index is 1.31. The van der Waals surface area contributed by atoms with Crippen molar-refractivity contribution >= 4 is 35.2 Å². The van der Waals surface area contributed by atoms with E-state index in [0.717, 1.165) is 22.6 Å². The maximum absolute atomic E-state index is 14.9. The third-order valence-electron chi connectivity index (χ3n) is 9.55. The van der Waals surface area contributed by atoms with Crippen LogP contribution in [0.5, 0.6) is 5.75 Å². The molecule has 1 N–H and O–H groups in total. The van der Waals surface area contributed by atoms with Crippen LogP contribution in [0.2, 0.25) is 0 Å². The quantitative estimate of drug-likeness (QED) is 0.364. The van der Waals surface area contributed by atoms with Gasteiger partial charge in [0.25, 0.3) is 0 Å². The average Bonchev–Trinajstić information content (AvgIpc) is 3.40. The molecular weight excluding hydrogens is 598 g/mol. The number of ether oxygens (including phenoxy) is 1. The van der Waals surface area contributed by atoms with Gasteiger partial charge in [-0.15, -0.1) is 11.8 Å². The highest BCUT2D eigenvalue weighted by atomic mass is 32.2. The van der Waals surface area contributed by atoms with Crippen molar-refractivity contribution in [2.45, 2.75) is 35.5 Å². The zero-order chi connectivity index (χ0) is 31.8. The van der Waals surface area contributed by atoms with Crippen LogP contribution in [0.25, 0.3) is 0 Å². The lowest BCUT2D eigenvalue weighted by atomic mass is 9.78. The van der Waals surface area contributed by atoms with Crippen molar-refractivity contribution < 1.29 is 24.2 Å². The first-order chi connectivity index (χ1) is 22.5. The largest absolute Gasteiger partial charge is 0.494 e. The van der Waals surface area contributed by atoms with Crippen LogP contribution in [0.3, 0.4) is 0 Å². The number of thioether (sulfide) groups is 1. The maximum atomic E-state index is 14.9. The molecule has 2 saturated heterocycles. The fourth-order valence-corrected chi connectivity index (χ4v) is 9.55. The standard InChI is InChI=1S/C37H37N3O5S/c1-2-45-28-18-16-27(17-19-28)39-22-9-15-30-31(34(39)42)32-35(43)40(29(24-41)26-13-7-4-8-14-26)33-36(44)38(21-10-20-37(32,33)46-30)23-25-11-5-3-6-12-25/h3-20,29-33,41H,2,21-24H2,1H3/t29-,30-,31+,32+,33?,37+/m1/s1. The van der Waals surface area contributed by atoms with Crippen LogP contribution in [0, 0.1) is 11.8 Å². The molecule has 0 saturated carbocycles. The number of benzene rings is 3. The summed E-state index contributed by atoms with van der Waals surface area (Å²) >= 11 is 1.54. The SMILES string of the molecule is CCOc1ccc(N2CC=C[C@H]3S[C@]45C=CCN(Cc6ccccc6)C(=O)C4N([C@H](CO)c4ccccc4)C(=O)[C@@H]5[C@H]3C2=O)cc1. The molecule has 4 aliphatic heterocycles. The van der Waals surface area contributed by atoms with Crippen LogP contribution in [-0.2, 0) is 20.9 Å². The van der Waals surface area contributed by atoms with Gasteiger partial charge < -0.3 is 24.5 Å². The Morgan fingerprint density at radius 2 is 1.61 bits per heavy atom. The maximum Gasteiger partial charge on any atom is 0.247 e. The zero-order valence-corrected chi connectivity index (χ0v) is 26.5. The number of likely N-dealkylation sites (tertiary alicyclic amines) is 1. The van der Waals surface area contributed by atoms with Gasteiger partial charge >= 0.3 is 0 Å². The number of carbonyl (C=O) groups excluding carboxylic acids is 3. The fraction of sp³-hybridized carbons (Fsp3) is 0.324. The third-order valence-corrected chi connectivity index (χ3v) is 11.3. The summed E-state index contributed by atoms with van der Waals surface area (Å²) in [5, 5.41) is 10.5. The monoisotopic (exact) mass is 635 g/mol. The molecule has 4 heterocycles. The number of amides is 3. The second kappa shape index (κ2) is 12.5. The van der Waals surface area contributed by atoms with Gasteiger partial charge in [-0.2, -0.15) is 0 Å². The van der Waals surface area contributed by atoms with E-state index in [2.05, 4.69) is 0 Å². The van der Waals surface area contributed by atoms with E-state index in [9.17, 15) is 19.5 Å². The smallest absolute Gasteiger partial charge is 0.247 e. The Morgan fingerprint density at radius 1 is 0.891 bits per heavy atom. The van der Waals surface area contributed by atoms with Gasteiger partial charge in [-0.05, 0) is 42.3 Å². The lowest BCUT2D eigenvalue weighted by Crippen LogP contribution is -2.54. The summed E-state index contributed by atoms with van der Waals surface area (Å²) in [6.45, 7) is 3.27. The molecule has 0 bridgehead atoms. The van der Waals surface area contributed by atoms with Gasteiger partial charge in [0.15, 0.2) is 0 Å². The first-order valence-electron chi connectivity index (χ1n) is 15.8. The predicted octanol–water partition coefficient (Wildman–Crippen LogP) is 4.62. The summed E-state index contributed by atoms with van der Waals surface area (Å²) in [6, 6.07) is 25.0. The first kappa shape index (κ1) is 30.3. The van der Waals surface area contributed by atoms with Crippen molar-refractivity contribution in [3.63, 3.8) is 0 Å². The van der Waals surface area contributed by atoms with Crippen LogP contribution in [0.1, 0.15) is 24.1 Å². The molecule has 9 heteroatoms. The highest BCUT2D eigenvalue weighted by Gasteiger charge is 2.71. The molecule has 7 rings (SSSR count). The summed E-state index contributed by atoms with van der Waals surface area (Å²) in [5.74, 6) is -1.36. The number of aliphatic hydroxyl groups excluding tert-OH is 1. The molecule has 1 unspecified atom stereocenters. The van der Waals surface area contributed by atoms with Gasteiger partial charge in [-0.25, -0.2) is 0 Å². The van der Waals surface area contributed by atoms with Crippen molar-refractivity contribution in [3.8, 4) is 5.75 Å². The van der Waals surface area contributed by atoms with Gasteiger partial charge in [-0.3, -0.25) is 14.4 Å². The first-order valence-corrected chi connectivity index (χ1v) is 16.7. The highest BCUT2D eigenvalue weighted by molar-refractivity contribution is 8.02. The van der Waals surface area contributed by atoms with Crippen LogP contribution >= 0.6 is 11.8 Å². The zero-order valence-electron chi connectivity index (χ0n) is 25.6. The molecule has 2 fully saturated rings. The summed E-state index contributed by atoms with van der Waals surface area (Å²) in [6.07, 6.45) is 8.03. The van der Waals surface area contributed by atoms with E-state index in [1.807, 2.05) is 116 Å². The fourth-order valence-electron chi connectivity index (χ4n) is 7.56. The molecule has 6 atom stereocenters. The van der Waals surface area contributed by atoms with E-state index in [0.29, 0.717) is 26.2 Å². The second-order valence-electron chi connectivity index (χ2n) is 12.1. The van der Waals surface area contributed by atoms with E-state index in [1.54, 1.807) is 26.5 Å². The number of fused-ring (bicyclic) bond motifs is 2. The van der Waals surface area contributed by atoms with Crippen LogP contribution in [0.4, 0.5) is 5.69 Å². The number of carbonyl (C=O) groups is 3. The van der Waals surface area contributed by atoms with E-state index >= 15 is 0 Å². The van der Waals surface area contributed by atoms with Gasteiger partial charge in [0.1, 0.15) is 11.8 Å². The molecule has 3 aromatic rings.